The zero-order valence-corrected chi connectivity index (χ0v) is 17.1. The van der Waals surface area contributed by atoms with Gasteiger partial charge in [0.2, 0.25) is 0 Å². The van der Waals surface area contributed by atoms with Crippen molar-refractivity contribution < 1.29 is 4.79 Å². The predicted octanol–water partition coefficient (Wildman–Crippen LogP) is 4.82. The van der Waals surface area contributed by atoms with E-state index in [2.05, 4.69) is 26.3 Å². The number of aromatic nitrogens is 3. The molecule has 7 heteroatoms. The van der Waals surface area contributed by atoms with E-state index in [4.69, 9.17) is 0 Å². The molecular formula is C22H18N4OS2. The summed E-state index contributed by atoms with van der Waals surface area (Å²) in [5.74, 6) is 0.748. The summed E-state index contributed by atoms with van der Waals surface area (Å²) in [5, 5.41) is 5.80. The summed E-state index contributed by atoms with van der Waals surface area (Å²) in [5.41, 5.74) is 3.74. The van der Waals surface area contributed by atoms with Crippen LogP contribution < -0.4 is 5.32 Å². The predicted molar refractivity (Wildman–Crippen MR) is 117 cm³/mol. The van der Waals surface area contributed by atoms with Crippen LogP contribution >= 0.6 is 23.1 Å². The monoisotopic (exact) mass is 418 g/mol. The number of hydrogen-bond donors (Lipinski definition) is 1. The molecule has 0 fully saturated rings. The summed E-state index contributed by atoms with van der Waals surface area (Å²) in [6.07, 6.45) is 7.13. The molecule has 0 aliphatic heterocycles. The molecule has 0 atom stereocenters. The van der Waals surface area contributed by atoms with E-state index in [1.807, 2.05) is 54.0 Å². The van der Waals surface area contributed by atoms with E-state index in [9.17, 15) is 4.79 Å². The summed E-state index contributed by atoms with van der Waals surface area (Å²) in [6, 6.07) is 15.5. The van der Waals surface area contributed by atoms with Crippen LogP contribution in [0.3, 0.4) is 0 Å². The molecule has 1 aromatic carbocycles. The van der Waals surface area contributed by atoms with E-state index in [-0.39, 0.29) is 5.91 Å². The molecule has 0 spiro atoms. The highest BCUT2D eigenvalue weighted by Crippen LogP contribution is 2.23. The van der Waals surface area contributed by atoms with Crippen molar-refractivity contribution >= 4 is 29.0 Å². The van der Waals surface area contributed by atoms with Crippen LogP contribution in [-0.4, -0.2) is 20.9 Å². The fraction of sp³-hybridized carbons (Fsp3) is 0.0909. The van der Waals surface area contributed by atoms with Gasteiger partial charge in [0.15, 0.2) is 0 Å². The first-order valence-electron chi connectivity index (χ1n) is 9.03. The van der Waals surface area contributed by atoms with E-state index in [1.54, 1.807) is 30.4 Å². The number of benzene rings is 1. The summed E-state index contributed by atoms with van der Waals surface area (Å²) < 4.78 is 0. The molecule has 3 heterocycles. The number of rotatable bonds is 7. The molecule has 144 valence electrons. The smallest absolute Gasteiger partial charge is 0.251 e. The highest BCUT2D eigenvalue weighted by atomic mass is 32.2. The third kappa shape index (κ3) is 5.28. The zero-order chi connectivity index (χ0) is 19.9. The number of hydrogen-bond acceptors (Lipinski definition) is 6. The molecule has 0 radical (unpaired) electrons. The van der Waals surface area contributed by atoms with Crippen molar-refractivity contribution in [3.05, 3.63) is 94.8 Å². The second-order valence-electron chi connectivity index (χ2n) is 6.22. The molecule has 3 aromatic heterocycles. The summed E-state index contributed by atoms with van der Waals surface area (Å²) in [4.78, 5) is 26.3. The normalized spacial score (nSPS) is 10.6. The first kappa shape index (κ1) is 19.3. The van der Waals surface area contributed by atoms with Crippen LogP contribution in [0.25, 0.3) is 11.3 Å². The van der Waals surface area contributed by atoms with Gasteiger partial charge in [-0.2, -0.15) is 0 Å². The molecule has 0 saturated carbocycles. The van der Waals surface area contributed by atoms with Crippen molar-refractivity contribution in [2.24, 2.45) is 0 Å². The first-order chi connectivity index (χ1) is 14.3. The van der Waals surface area contributed by atoms with Crippen molar-refractivity contribution in [2.75, 3.05) is 0 Å². The van der Waals surface area contributed by atoms with Gasteiger partial charge in [0, 0.05) is 51.9 Å². The largest absolute Gasteiger partial charge is 0.346 e. The first-order valence-corrected chi connectivity index (χ1v) is 10.9. The number of amides is 1. The number of nitrogens with one attached hydrogen (secondary N) is 1. The van der Waals surface area contributed by atoms with Crippen LogP contribution in [0.5, 0.6) is 0 Å². The van der Waals surface area contributed by atoms with Crippen LogP contribution in [-0.2, 0) is 12.3 Å². The Morgan fingerprint density at radius 3 is 2.59 bits per heavy atom. The molecule has 0 aliphatic rings. The molecular weight excluding hydrogens is 400 g/mol. The Balaban J connectivity index is 1.30. The fourth-order valence-electron chi connectivity index (χ4n) is 2.66. The molecule has 1 N–H and O–H groups in total. The minimum absolute atomic E-state index is 0.102. The van der Waals surface area contributed by atoms with Gasteiger partial charge >= 0.3 is 0 Å². The van der Waals surface area contributed by atoms with Gasteiger partial charge in [-0.25, -0.2) is 4.98 Å². The maximum Gasteiger partial charge on any atom is 0.251 e. The van der Waals surface area contributed by atoms with Crippen LogP contribution in [0.4, 0.5) is 0 Å². The number of thioether (sulfide) groups is 1. The zero-order valence-electron chi connectivity index (χ0n) is 15.5. The Morgan fingerprint density at radius 2 is 1.83 bits per heavy atom. The van der Waals surface area contributed by atoms with Crippen molar-refractivity contribution in [1.82, 2.24) is 20.3 Å². The molecule has 0 unspecified atom stereocenters. The molecule has 1 amide bonds. The van der Waals surface area contributed by atoms with Gasteiger partial charge in [0.25, 0.3) is 5.91 Å². The fourth-order valence-corrected chi connectivity index (χ4v) is 4.23. The Hall–Kier alpha value is -3.03. The Kier molecular flexibility index (Phi) is 6.29. The van der Waals surface area contributed by atoms with Gasteiger partial charge in [-0.1, -0.05) is 6.07 Å². The summed E-state index contributed by atoms with van der Waals surface area (Å²) in [7, 11) is 0. The average molecular weight is 419 g/mol. The molecule has 0 saturated heterocycles. The maximum absolute atomic E-state index is 12.4. The standard InChI is InChI=1S/C22H18N4OS2/c27-22(25-13-21-26-20(15-29-21)17-7-10-23-11-8-17)18-3-5-19(6-4-18)28-14-16-2-1-9-24-12-16/h1-12,15H,13-14H2,(H,25,27). The van der Waals surface area contributed by atoms with E-state index in [0.717, 1.165) is 26.9 Å². The lowest BCUT2D eigenvalue weighted by Crippen LogP contribution is -2.22. The van der Waals surface area contributed by atoms with Gasteiger partial charge in [0.1, 0.15) is 5.01 Å². The van der Waals surface area contributed by atoms with E-state index < -0.39 is 0 Å². The lowest BCUT2D eigenvalue weighted by molar-refractivity contribution is 0.0951. The molecule has 5 nitrogen and oxygen atoms in total. The number of pyridine rings is 2. The number of nitrogens with zero attached hydrogens (tertiary/aromatic N) is 3. The highest BCUT2D eigenvalue weighted by Gasteiger charge is 2.09. The van der Waals surface area contributed by atoms with Crippen molar-refractivity contribution in [2.45, 2.75) is 17.2 Å². The SMILES string of the molecule is O=C(NCc1nc(-c2ccncc2)cs1)c1ccc(SCc2cccnc2)cc1. The summed E-state index contributed by atoms with van der Waals surface area (Å²) in [6.45, 7) is 0.409. The van der Waals surface area contributed by atoms with E-state index >= 15 is 0 Å². The van der Waals surface area contributed by atoms with E-state index in [1.165, 1.54) is 16.9 Å². The molecule has 4 rings (SSSR count). The Labute approximate surface area is 177 Å². The molecule has 0 bridgehead atoms. The van der Waals surface area contributed by atoms with Gasteiger partial charge < -0.3 is 5.32 Å². The van der Waals surface area contributed by atoms with Crippen LogP contribution in [0.2, 0.25) is 0 Å². The quantitative estimate of drug-likeness (QED) is 0.436. The maximum atomic E-state index is 12.4. The highest BCUT2D eigenvalue weighted by molar-refractivity contribution is 7.98. The number of carbonyl (C=O) groups excluding carboxylic acids is 1. The average Bonchev–Trinajstić information content (AvgIpc) is 3.27. The minimum atomic E-state index is -0.102. The van der Waals surface area contributed by atoms with Crippen molar-refractivity contribution in [3.63, 3.8) is 0 Å². The molecule has 0 aliphatic carbocycles. The summed E-state index contributed by atoms with van der Waals surface area (Å²) >= 11 is 3.25. The molecule has 29 heavy (non-hydrogen) atoms. The second kappa shape index (κ2) is 9.45. The van der Waals surface area contributed by atoms with Crippen molar-refractivity contribution in [3.8, 4) is 11.3 Å². The van der Waals surface area contributed by atoms with Crippen LogP contribution in [0, 0.1) is 0 Å². The van der Waals surface area contributed by atoms with Gasteiger partial charge in [-0.15, -0.1) is 23.1 Å². The molecule has 4 aromatic rings. The van der Waals surface area contributed by atoms with Gasteiger partial charge in [-0.3, -0.25) is 14.8 Å². The third-order valence-electron chi connectivity index (χ3n) is 4.17. The van der Waals surface area contributed by atoms with E-state index in [0.29, 0.717) is 12.1 Å². The van der Waals surface area contributed by atoms with Gasteiger partial charge in [0.05, 0.1) is 12.2 Å². The Bertz CT molecular complexity index is 1070. The lowest BCUT2D eigenvalue weighted by atomic mass is 10.2. The Morgan fingerprint density at radius 1 is 1.00 bits per heavy atom. The van der Waals surface area contributed by atoms with Crippen LogP contribution in [0.15, 0.2) is 83.6 Å². The number of thiazole rings is 1. The minimum Gasteiger partial charge on any atom is -0.346 e. The second-order valence-corrected chi connectivity index (χ2v) is 8.21. The van der Waals surface area contributed by atoms with Crippen molar-refractivity contribution in [1.29, 1.82) is 0 Å². The number of carbonyl (C=O) groups is 1. The lowest BCUT2D eigenvalue weighted by Gasteiger charge is -2.05. The third-order valence-corrected chi connectivity index (χ3v) is 6.10. The van der Waals surface area contributed by atoms with Crippen LogP contribution in [0.1, 0.15) is 20.9 Å². The topological polar surface area (TPSA) is 67.8 Å². The van der Waals surface area contributed by atoms with Gasteiger partial charge in [-0.05, 0) is 48.0 Å².